The van der Waals surface area contributed by atoms with Gasteiger partial charge in [-0.25, -0.2) is 0 Å². The zero-order valence-electron chi connectivity index (χ0n) is 11.2. The zero-order chi connectivity index (χ0) is 12.0. The number of ether oxygens (including phenoxy) is 1. The number of nitrogens with two attached hydrogens (primary N) is 1. The van der Waals surface area contributed by atoms with Gasteiger partial charge in [-0.05, 0) is 38.0 Å². The summed E-state index contributed by atoms with van der Waals surface area (Å²) in [5, 5.41) is 0. The van der Waals surface area contributed by atoms with E-state index in [2.05, 4.69) is 20.8 Å². The molecule has 0 aliphatic heterocycles. The molecule has 0 radical (unpaired) electrons. The van der Waals surface area contributed by atoms with Crippen molar-refractivity contribution in [2.45, 2.75) is 71.4 Å². The van der Waals surface area contributed by atoms with Gasteiger partial charge in [0.1, 0.15) is 0 Å². The Balaban J connectivity index is 2.47. The largest absolute Gasteiger partial charge is 0.377 e. The average Bonchev–Trinajstić information content (AvgIpc) is 2.28. The SMILES string of the molecule is CCCC(OCC)C(N)C1CCCC(C)C1. The molecule has 96 valence electrons. The molecule has 0 spiro atoms. The van der Waals surface area contributed by atoms with E-state index < -0.39 is 0 Å². The third-order valence-electron chi connectivity index (χ3n) is 3.90. The number of hydrogen-bond acceptors (Lipinski definition) is 2. The highest BCUT2D eigenvalue weighted by Gasteiger charge is 2.29. The first-order valence-corrected chi connectivity index (χ1v) is 7.06. The van der Waals surface area contributed by atoms with Crippen LogP contribution < -0.4 is 5.73 Å². The predicted octanol–water partition coefficient (Wildman–Crippen LogP) is 3.35. The molecule has 1 aliphatic carbocycles. The first-order valence-electron chi connectivity index (χ1n) is 7.06. The third-order valence-corrected chi connectivity index (χ3v) is 3.90. The van der Waals surface area contributed by atoms with E-state index in [4.69, 9.17) is 10.5 Å². The Bertz CT molecular complexity index is 173. The lowest BCUT2D eigenvalue weighted by molar-refractivity contribution is 0.0148. The molecule has 0 aromatic rings. The van der Waals surface area contributed by atoms with Crippen molar-refractivity contribution in [1.82, 2.24) is 0 Å². The molecule has 4 unspecified atom stereocenters. The molecule has 4 atom stereocenters. The van der Waals surface area contributed by atoms with Crippen LogP contribution in [0.3, 0.4) is 0 Å². The minimum atomic E-state index is 0.252. The van der Waals surface area contributed by atoms with Gasteiger partial charge in [0.2, 0.25) is 0 Å². The smallest absolute Gasteiger partial charge is 0.0728 e. The van der Waals surface area contributed by atoms with Crippen molar-refractivity contribution in [3.63, 3.8) is 0 Å². The van der Waals surface area contributed by atoms with E-state index in [0.29, 0.717) is 5.92 Å². The Morgan fingerprint density at radius 2 is 2.06 bits per heavy atom. The maximum atomic E-state index is 6.40. The Morgan fingerprint density at radius 3 is 2.62 bits per heavy atom. The molecule has 2 heteroatoms. The maximum Gasteiger partial charge on any atom is 0.0728 e. The van der Waals surface area contributed by atoms with Crippen LogP contribution in [-0.4, -0.2) is 18.8 Å². The maximum absolute atomic E-state index is 6.40. The molecule has 1 saturated carbocycles. The summed E-state index contributed by atoms with van der Waals surface area (Å²) >= 11 is 0. The molecule has 1 fully saturated rings. The average molecular weight is 227 g/mol. The summed E-state index contributed by atoms with van der Waals surface area (Å²) in [5.41, 5.74) is 6.40. The highest BCUT2D eigenvalue weighted by atomic mass is 16.5. The van der Waals surface area contributed by atoms with Gasteiger partial charge in [0.25, 0.3) is 0 Å². The van der Waals surface area contributed by atoms with E-state index in [1.807, 2.05) is 0 Å². The van der Waals surface area contributed by atoms with Gasteiger partial charge in [-0.15, -0.1) is 0 Å². The molecule has 1 aliphatic rings. The van der Waals surface area contributed by atoms with E-state index in [1.165, 1.54) is 32.1 Å². The fourth-order valence-corrected chi connectivity index (χ4v) is 3.02. The van der Waals surface area contributed by atoms with E-state index >= 15 is 0 Å². The molecule has 2 nitrogen and oxygen atoms in total. The molecular formula is C14H29NO. The van der Waals surface area contributed by atoms with Crippen LogP contribution in [0.15, 0.2) is 0 Å². The summed E-state index contributed by atoms with van der Waals surface area (Å²) in [7, 11) is 0. The van der Waals surface area contributed by atoms with Crippen molar-refractivity contribution >= 4 is 0 Å². The minimum absolute atomic E-state index is 0.252. The van der Waals surface area contributed by atoms with Gasteiger partial charge in [-0.1, -0.05) is 33.1 Å². The highest BCUT2D eigenvalue weighted by molar-refractivity contribution is 4.84. The van der Waals surface area contributed by atoms with Crippen LogP contribution in [0, 0.1) is 11.8 Å². The van der Waals surface area contributed by atoms with Crippen molar-refractivity contribution in [2.24, 2.45) is 17.6 Å². The number of rotatable bonds is 6. The zero-order valence-corrected chi connectivity index (χ0v) is 11.2. The predicted molar refractivity (Wildman–Crippen MR) is 69.4 cm³/mol. The number of hydrogen-bond donors (Lipinski definition) is 1. The summed E-state index contributed by atoms with van der Waals surface area (Å²) in [6.07, 6.45) is 7.90. The van der Waals surface area contributed by atoms with Gasteiger partial charge in [-0.2, -0.15) is 0 Å². The van der Waals surface area contributed by atoms with Crippen LogP contribution >= 0.6 is 0 Å². The molecule has 1 rings (SSSR count). The van der Waals surface area contributed by atoms with Crippen LogP contribution in [0.1, 0.15) is 59.3 Å². The lowest BCUT2D eigenvalue weighted by Crippen LogP contribution is -2.44. The second kappa shape index (κ2) is 7.29. The quantitative estimate of drug-likeness (QED) is 0.755. The van der Waals surface area contributed by atoms with Crippen molar-refractivity contribution in [3.05, 3.63) is 0 Å². The van der Waals surface area contributed by atoms with Gasteiger partial charge >= 0.3 is 0 Å². The fourth-order valence-electron chi connectivity index (χ4n) is 3.02. The second-order valence-electron chi connectivity index (χ2n) is 5.39. The van der Waals surface area contributed by atoms with Crippen LogP contribution in [0.4, 0.5) is 0 Å². The van der Waals surface area contributed by atoms with Crippen molar-refractivity contribution in [1.29, 1.82) is 0 Å². The van der Waals surface area contributed by atoms with Gasteiger partial charge in [0, 0.05) is 12.6 Å². The first-order chi connectivity index (χ1) is 7.69. The second-order valence-corrected chi connectivity index (χ2v) is 5.39. The lowest BCUT2D eigenvalue weighted by atomic mass is 9.77. The van der Waals surface area contributed by atoms with Crippen molar-refractivity contribution in [2.75, 3.05) is 6.61 Å². The molecule has 2 N–H and O–H groups in total. The van der Waals surface area contributed by atoms with E-state index in [0.717, 1.165) is 18.9 Å². The third kappa shape index (κ3) is 4.06. The molecule has 0 bridgehead atoms. The van der Waals surface area contributed by atoms with Gasteiger partial charge in [0.15, 0.2) is 0 Å². The standard InChI is InChI=1S/C14H29NO/c1-4-7-13(16-5-2)14(15)12-9-6-8-11(3)10-12/h11-14H,4-10,15H2,1-3H3. The van der Waals surface area contributed by atoms with E-state index in [9.17, 15) is 0 Å². The Kier molecular flexibility index (Phi) is 6.37. The van der Waals surface area contributed by atoms with Crippen LogP contribution in [0.25, 0.3) is 0 Å². The highest BCUT2D eigenvalue weighted by Crippen LogP contribution is 2.32. The van der Waals surface area contributed by atoms with E-state index in [-0.39, 0.29) is 12.1 Å². The van der Waals surface area contributed by atoms with Crippen LogP contribution in [0.5, 0.6) is 0 Å². The summed E-state index contributed by atoms with van der Waals surface area (Å²) in [4.78, 5) is 0. The monoisotopic (exact) mass is 227 g/mol. The fraction of sp³-hybridized carbons (Fsp3) is 1.00. The summed E-state index contributed by atoms with van der Waals surface area (Å²) in [5.74, 6) is 1.54. The normalized spacial score (nSPS) is 30.0. The topological polar surface area (TPSA) is 35.2 Å². The molecule has 0 aromatic carbocycles. The molecule has 0 aromatic heterocycles. The first kappa shape index (κ1) is 14.0. The van der Waals surface area contributed by atoms with Crippen molar-refractivity contribution < 1.29 is 4.74 Å². The van der Waals surface area contributed by atoms with E-state index in [1.54, 1.807) is 0 Å². The molecule has 0 heterocycles. The minimum Gasteiger partial charge on any atom is -0.377 e. The Morgan fingerprint density at radius 1 is 1.31 bits per heavy atom. The Hall–Kier alpha value is -0.0800. The molecule has 0 saturated heterocycles. The lowest BCUT2D eigenvalue weighted by Gasteiger charge is -2.35. The van der Waals surface area contributed by atoms with Gasteiger partial charge in [0.05, 0.1) is 6.10 Å². The Labute approximate surface area is 101 Å². The van der Waals surface area contributed by atoms with Crippen LogP contribution in [0.2, 0.25) is 0 Å². The summed E-state index contributed by atoms with van der Waals surface area (Å²) in [6, 6.07) is 0.252. The summed E-state index contributed by atoms with van der Waals surface area (Å²) < 4.78 is 5.81. The molecule has 16 heavy (non-hydrogen) atoms. The molecular weight excluding hydrogens is 198 g/mol. The molecule has 0 amide bonds. The van der Waals surface area contributed by atoms with Crippen LogP contribution in [-0.2, 0) is 4.74 Å². The summed E-state index contributed by atoms with van der Waals surface area (Å²) in [6.45, 7) is 7.43. The van der Waals surface area contributed by atoms with Crippen molar-refractivity contribution in [3.8, 4) is 0 Å². The van der Waals surface area contributed by atoms with Gasteiger partial charge in [-0.3, -0.25) is 0 Å². The van der Waals surface area contributed by atoms with Gasteiger partial charge < -0.3 is 10.5 Å².